The summed E-state index contributed by atoms with van der Waals surface area (Å²) in [6, 6.07) is -5.52. The fourth-order valence-corrected chi connectivity index (χ4v) is 2.79. The number of nitrogens with two attached hydrogens (primary N) is 1. The summed E-state index contributed by atoms with van der Waals surface area (Å²) < 4.78 is 0. The van der Waals surface area contributed by atoms with E-state index in [1.807, 2.05) is 0 Å². The maximum Gasteiger partial charge on any atom is 0.328 e. The van der Waals surface area contributed by atoms with E-state index in [0.29, 0.717) is 5.75 Å². The van der Waals surface area contributed by atoms with E-state index in [1.54, 1.807) is 6.26 Å². The average Bonchev–Trinajstić information content (AvgIpc) is 2.70. The normalized spacial score (nSPS) is 15.6. The highest BCUT2D eigenvalue weighted by Crippen LogP contribution is 2.06. The van der Waals surface area contributed by atoms with Crippen LogP contribution < -0.4 is 21.7 Å². The van der Waals surface area contributed by atoms with Crippen molar-refractivity contribution >= 4 is 41.4 Å². The van der Waals surface area contributed by atoms with Gasteiger partial charge in [-0.3, -0.25) is 19.2 Å². The molecule has 0 aliphatic heterocycles. The molecule has 14 heteroatoms. The van der Waals surface area contributed by atoms with Gasteiger partial charge in [0, 0.05) is 6.42 Å². The first-order valence-electron chi connectivity index (χ1n) is 9.33. The molecular formula is C17H30N4O9S. The molecule has 0 bridgehead atoms. The van der Waals surface area contributed by atoms with Crippen LogP contribution in [-0.4, -0.2) is 99.0 Å². The van der Waals surface area contributed by atoms with Crippen molar-refractivity contribution in [2.75, 3.05) is 18.6 Å². The van der Waals surface area contributed by atoms with Crippen LogP contribution in [0.25, 0.3) is 0 Å². The number of thioether (sulfide) groups is 1. The SMILES string of the molecule is CSCCC(NC(=O)C(CCC(=O)O)NC(=O)C(N)CO)C(=O)NC(C(=O)O)C(C)O. The summed E-state index contributed by atoms with van der Waals surface area (Å²) in [4.78, 5) is 59.2. The van der Waals surface area contributed by atoms with E-state index in [9.17, 15) is 29.1 Å². The van der Waals surface area contributed by atoms with Crippen LogP contribution in [-0.2, 0) is 24.0 Å². The molecule has 0 fully saturated rings. The van der Waals surface area contributed by atoms with Gasteiger partial charge >= 0.3 is 11.9 Å². The third-order valence-corrected chi connectivity index (χ3v) is 4.75. The summed E-state index contributed by atoms with van der Waals surface area (Å²) in [5.74, 6) is -4.93. The second-order valence-electron chi connectivity index (χ2n) is 6.69. The van der Waals surface area contributed by atoms with Gasteiger partial charge in [-0.15, -0.1) is 0 Å². The molecule has 0 aromatic rings. The number of rotatable bonds is 15. The van der Waals surface area contributed by atoms with Crippen molar-refractivity contribution in [3.8, 4) is 0 Å². The Hall–Kier alpha value is -2.42. The standard InChI is InChI=1S/C17H30N4O9S/c1-8(23)13(17(29)30)21-16(28)11(5-6-31-2)20-15(27)10(3-4-12(24)25)19-14(26)9(18)7-22/h8-11,13,22-23H,3-7,18H2,1-2H3,(H,19,26)(H,20,27)(H,21,28)(H,24,25)(H,29,30). The lowest BCUT2D eigenvalue weighted by Gasteiger charge is -2.25. The van der Waals surface area contributed by atoms with E-state index in [0.717, 1.165) is 0 Å². The Morgan fingerprint density at radius 2 is 1.45 bits per heavy atom. The molecule has 178 valence electrons. The molecule has 3 amide bonds. The lowest BCUT2D eigenvalue weighted by molar-refractivity contribution is -0.145. The maximum absolute atomic E-state index is 12.7. The van der Waals surface area contributed by atoms with Gasteiger partial charge in [0.1, 0.15) is 18.1 Å². The number of carbonyl (C=O) groups excluding carboxylic acids is 3. The Morgan fingerprint density at radius 1 is 0.935 bits per heavy atom. The van der Waals surface area contributed by atoms with E-state index in [1.165, 1.54) is 18.7 Å². The first-order chi connectivity index (χ1) is 14.4. The van der Waals surface area contributed by atoms with Crippen LogP contribution in [0.1, 0.15) is 26.2 Å². The van der Waals surface area contributed by atoms with Crippen LogP contribution in [0.3, 0.4) is 0 Å². The summed E-state index contributed by atoms with van der Waals surface area (Å²) in [5.41, 5.74) is 5.39. The van der Waals surface area contributed by atoms with Crippen molar-refractivity contribution in [2.45, 2.75) is 56.5 Å². The van der Waals surface area contributed by atoms with Crippen LogP contribution in [0.4, 0.5) is 0 Å². The molecule has 0 saturated heterocycles. The van der Waals surface area contributed by atoms with Crippen LogP contribution in [0, 0.1) is 0 Å². The topological polar surface area (TPSA) is 228 Å². The minimum absolute atomic E-state index is 0.0979. The van der Waals surface area contributed by atoms with Gasteiger partial charge < -0.3 is 42.1 Å². The Morgan fingerprint density at radius 3 is 1.90 bits per heavy atom. The van der Waals surface area contributed by atoms with E-state index in [-0.39, 0.29) is 12.8 Å². The zero-order valence-corrected chi connectivity index (χ0v) is 18.1. The highest BCUT2D eigenvalue weighted by molar-refractivity contribution is 7.98. The van der Waals surface area contributed by atoms with E-state index >= 15 is 0 Å². The van der Waals surface area contributed by atoms with Crippen LogP contribution in [0.5, 0.6) is 0 Å². The molecule has 9 N–H and O–H groups in total. The van der Waals surface area contributed by atoms with Crippen molar-refractivity contribution in [1.82, 2.24) is 16.0 Å². The molecule has 0 radical (unpaired) electrons. The van der Waals surface area contributed by atoms with Crippen molar-refractivity contribution in [1.29, 1.82) is 0 Å². The molecule has 0 saturated carbocycles. The van der Waals surface area contributed by atoms with Gasteiger partial charge in [0.2, 0.25) is 17.7 Å². The lowest BCUT2D eigenvalue weighted by Crippen LogP contribution is -2.58. The Bertz CT molecular complexity index is 647. The molecule has 13 nitrogen and oxygen atoms in total. The maximum atomic E-state index is 12.7. The lowest BCUT2D eigenvalue weighted by atomic mass is 10.1. The van der Waals surface area contributed by atoms with Crippen LogP contribution >= 0.6 is 11.8 Å². The highest BCUT2D eigenvalue weighted by Gasteiger charge is 2.31. The van der Waals surface area contributed by atoms with Crippen molar-refractivity contribution in [3.05, 3.63) is 0 Å². The van der Waals surface area contributed by atoms with Gasteiger partial charge in [-0.2, -0.15) is 11.8 Å². The molecule has 5 unspecified atom stereocenters. The molecule has 0 rings (SSSR count). The first kappa shape index (κ1) is 28.6. The summed E-state index contributed by atoms with van der Waals surface area (Å²) in [6.45, 7) is 0.476. The molecule has 0 aliphatic carbocycles. The van der Waals surface area contributed by atoms with Crippen molar-refractivity contribution in [2.24, 2.45) is 5.73 Å². The fraction of sp³-hybridized carbons (Fsp3) is 0.706. The number of hydrogen-bond acceptors (Lipinski definition) is 9. The number of carboxylic acid groups (broad SMARTS) is 2. The van der Waals surface area contributed by atoms with Crippen molar-refractivity contribution in [3.63, 3.8) is 0 Å². The number of hydrogen-bond donors (Lipinski definition) is 8. The monoisotopic (exact) mass is 466 g/mol. The summed E-state index contributed by atoms with van der Waals surface area (Å²) in [7, 11) is 0. The molecule has 0 aromatic heterocycles. The van der Waals surface area contributed by atoms with E-state index in [2.05, 4.69) is 16.0 Å². The third-order valence-electron chi connectivity index (χ3n) is 4.10. The van der Waals surface area contributed by atoms with E-state index < -0.39 is 73.0 Å². The number of carbonyl (C=O) groups is 5. The highest BCUT2D eigenvalue weighted by atomic mass is 32.2. The number of carboxylic acids is 2. The molecule has 0 aromatic carbocycles. The van der Waals surface area contributed by atoms with Gasteiger partial charge in [-0.05, 0) is 31.8 Å². The number of nitrogens with one attached hydrogen (secondary N) is 3. The fourth-order valence-electron chi connectivity index (χ4n) is 2.32. The average molecular weight is 467 g/mol. The Balaban J connectivity index is 5.45. The zero-order chi connectivity index (χ0) is 24.1. The van der Waals surface area contributed by atoms with Crippen LogP contribution in [0.15, 0.2) is 0 Å². The number of aliphatic hydroxyl groups is 2. The van der Waals surface area contributed by atoms with Gasteiger partial charge in [0.15, 0.2) is 6.04 Å². The molecular weight excluding hydrogens is 436 g/mol. The van der Waals surface area contributed by atoms with Crippen molar-refractivity contribution < 1.29 is 44.4 Å². The zero-order valence-electron chi connectivity index (χ0n) is 17.2. The van der Waals surface area contributed by atoms with Crippen LogP contribution in [0.2, 0.25) is 0 Å². The van der Waals surface area contributed by atoms with Gasteiger partial charge in [0.05, 0.1) is 12.7 Å². The van der Waals surface area contributed by atoms with Gasteiger partial charge in [-0.1, -0.05) is 0 Å². The minimum atomic E-state index is -1.61. The second-order valence-corrected chi connectivity index (χ2v) is 7.68. The molecule has 31 heavy (non-hydrogen) atoms. The largest absolute Gasteiger partial charge is 0.481 e. The molecule has 0 spiro atoms. The Labute approximate surface area is 183 Å². The van der Waals surface area contributed by atoms with Gasteiger partial charge in [0.25, 0.3) is 0 Å². The number of aliphatic hydroxyl groups excluding tert-OH is 2. The van der Waals surface area contributed by atoms with E-state index in [4.69, 9.17) is 21.1 Å². The molecule has 0 heterocycles. The smallest absolute Gasteiger partial charge is 0.328 e. The predicted molar refractivity (Wildman–Crippen MR) is 110 cm³/mol. The number of aliphatic carboxylic acids is 2. The summed E-state index contributed by atoms with van der Waals surface area (Å²) >= 11 is 1.36. The first-order valence-corrected chi connectivity index (χ1v) is 10.7. The Kier molecular flexibility index (Phi) is 13.4. The quantitative estimate of drug-likeness (QED) is 0.120. The minimum Gasteiger partial charge on any atom is -0.481 e. The summed E-state index contributed by atoms with van der Waals surface area (Å²) in [6.07, 6.45) is -0.342. The van der Waals surface area contributed by atoms with Gasteiger partial charge in [-0.25, -0.2) is 4.79 Å². The molecule has 5 atom stereocenters. The summed E-state index contributed by atoms with van der Waals surface area (Å²) in [5, 5.41) is 43.2. The molecule has 0 aliphatic rings. The second kappa shape index (κ2) is 14.6. The predicted octanol–water partition coefficient (Wildman–Crippen LogP) is -3.16. The number of amides is 3. The third kappa shape index (κ3) is 11.0.